The molecule has 2 aromatic heterocycles. The molecule has 0 aliphatic heterocycles. The molecule has 3 N–H and O–H groups in total. The quantitative estimate of drug-likeness (QED) is 0.691. The minimum atomic E-state index is 0.364. The maximum Gasteiger partial charge on any atom is 0.258 e. The Hall–Kier alpha value is -2.34. The molecule has 3 rings (SSSR count). The fourth-order valence-corrected chi connectivity index (χ4v) is 1.67. The first-order valence-electron chi connectivity index (χ1n) is 5.13. The molecule has 0 aliphatic carbocycles. The molecule has 0 fully saturated rings. The molecule has 0 spiro atoms. The van der Waals surface area contributed by atoms with Crippen LogP contribution in [0, 0.1) is 0 Å². The highest BCUT2D eigenvalue weighted by Crippen LogP contribution is 2.26. The number of rotatable bonds is 2. The summed E-state index contributed by atoms with van der Waals surface area (Å²) in [5, 5.41) is 4.28. The van der Waals surface area contributed by atoms with Gasteiger partial charge in [0.1, 0.15) is 0 Å². The van der Waals surface area contributed by atoms with E-state index in [-0.39, 0.29) is 0 Å². The van der Waals surface area contributed by atoms with E-state index in [0.717, 1.165) is 0 Å². The average molecular weight is 262 g/mol. The lowest BCUT2D eigenvalue weighted by Crippen LogP contribution is -1.87. The van der Waals surface area contributed by atoms with Gasteiger partial charge in [0, 0.05) is 18.0 Å². The van der Waals surface area contributed by atoms with Gasteiger partial charge < -0.3 is 15.2 Å². The van der Waals surface area contributed by atoms with Gasteiger partial charge in [-0.15, -0.1) is 0 Å². The summed E-state index contributed by atoms with van der Waals surface area (Å²) in [5.74, 6) is 1.30. The third-order valence-corrected chi connectivity index (χ3v) is 2.71. The number of nitrogen functional groups attached to an aromatic ring is 1. The summed E-state index contributed by atoms with van der Waals surface area (Å²) in [7, 11) is 0. The topological polar surface area (TPSA) is 93.6 Å². The van der Waals surface area contributed by atoms with Crippen molar-refractivity contribution in [1.82, 2.24) is 20.1 Å². The summed E-state index contributed by atoms with van der Waals surface area (Å²) in [6, 6.07) is 5.13. The first kappa shape index (κ1) is 10.8. The molecule has 6 nitrogen and oxygen atoms in total. The van der Waals surface area contributed by atoms with Crippen molar-refractivity contribution in [2.75, 3.05) is 5.73 Å². The minimum absolute atomic E-state index is 0.364. The predicted octanol–water partition coefficient (Wildman–Crippen LogP) is 2.36. The Morgan fingerprint density at radius 3 is 2.94 bits per heavy atom. The molecule has 1 aromatic carbocycles. The molecule has 0 unspecified atom stereocenters. The number of aromatic nitrogens is 4. The Bertz CT molecular complexity index is 677. The van der Waals surface area contributed by atoms with Crippen LogP contribution in [-0.2, 0) is 0 Å². The molecular formula is C11H8ClN5O. The summed E-state index contributed by atoms with van der Waals surface area (Å²) in [6.07, 6.45) is 3.30. The van der Waals surface area contributed by atoms with E-state index in [0.29, 0.717) is 33.8 Å². The Balaban J connectivity index is 2.00. The van der Waals surface area contributed by atoms with Gasteiger partial charge in [-0.25, -0.2) is 4.98 Å². The minimum Gasteiger partial charge on any atom is -0.398 e. The number of anilines is 1. The van der Waals surface area contributed by atoms with Gasteiger partial charge in [0.25, 0.3) is 5.89 Å². The van der Waals surface area contributed by atoms with E-state index in [2.05, 4.69) is 20.1 Å². The molecule has 18 heavy (non-hydrogen) atoms. The third kappa shape index (κ3) is 1.82. The van der Waals surface area contributed by atoms with Crippen molar-refractivity contribution >= 4 is 17.3 Å². The zero-order valence-corrected chi connectivity index (χ0v) is 9.85. The van der Waals surface area contributed by atoms with E-state index >= 15 is 0 Å². The number of hydrogen-bond acceptors (Lipinski definition) is 5. The molecule has 2 heterocycles. The normalized spacial score (nSPS) is 10.7. The van der Waals surface area contributed by atoms with Crippen LogP contribution in [0.15, 0.2) is 35.1 Å². The molecule has 90 valence electrons. The predicted molar refractivity (Wildman–Crippen MR) is 66.7 cm³/mol. The van der Waals surface area contributed by atoms with Crippen LogP contribution in [0.3, 0.4) is 0 Å². The summed E-state index contributed by atoms with van der Waals surface area (Å²) < 4.78 is 5.15. The second-order valence-electron chi connectivity index (χ2n) is 3.60. The van der Waals surface area contributed by atoms with Gasteiger partial charge in [-0.1, -0.05) is 16.8 Å². The van der Waals surface area contributed by atoms with Crippen molar-refractivity contribution in [3.05, 3.63) is 35.6 Å². The van der Waals surface area contributed by atoms with Crippen LogP contribution in [0.4, 0.5) is 5.69 Å². The molecule has 0 atom stereocenters. The van der Waals surface area contributed by atoms with Gasteiger partial charge in [-0.2, -0.15) is 4.98 Å². The standard InChI is InChI=1S/C11H8ClN5O/c12-7-5-6(1-2-8(7)13)11-16-10(17-18-11)9-14-3-4-15-9/h1-5H,13H2,(H,14,15). The highest BCUT2D eigenvalue weighted by molar-refractivity contribution is 6.33. The summed E-state index contributed by atoms with van der Waals surface area (Å²) in [4.78, 5) is 11.2. The third-order valence-electron chi connectivity index (χ3n) is 2.38. The summed E-state index contributed by atoms with van der Waals surface area (Å²) >= 11 is 5.94. The number of aromatic amines is 1. The van der Waals surface area contributed by atoms with Gasteiger partial charge in [0.15, 0.2) is 5.82 Å². The number of H-pyrrole nitrogens is 1. The molecule has 0 saturated heterocycles. The van der Waals surface area contributed by atoms with Crippen molar-refractivity contribution in [1.29, 1.82) is 0 Å². The van der Waals surface area contributed by atoms with Crippen LogP contribution in [-0.4, -0.2) is 20.1 Å². The smallest absolute Gasteiger partial charge is 0.258 e. The van der Waals surface area contributed by atoms with Crippen LogP contribution in [0.25, 0.3) is 23.1 Å². The second-order valence-corrected chi connectivity index (χ2v) is 4.00. The molecular weight excluding hydrogens is 254 g/mol. The van der Waals surface area contributed by atoms with E-state index in [1.54, 1.807) is 30.6 Å². The Morgan fingerprint density at radius 2 is 2.22 bits per heavy atom. The van der Waals surface area contributed by atoms with Crippen molar-refractivity contribution < 1.29 is 4.52 Å². The van der Waals surface area contributed by atoms with Gasteiger partial charge in [0.05, 0.1) is 10.7 Å². The van der Waals surface area contributed by atoms with Gasteiger partial charge in [-0.3, -0.25) is 0 Å². The molecule has 0 saturated carbocycles. The highest BCUT2D eigenvalue weighted by atomic mass is 35.5. The first-order chi connectivity index (χ1) is 8.74. The van der Waals surface area contributed by atoms with Gasteiger partial charge in [0.2, 0.25) is 5.82 Å². The SMILES string of the molecule is Nc1ccc(-c2nc(-c3ncc[nH]3)no2)cc1Cl. The van der Waals surface area contributed by atoms with E-state index in [4.69, 9.17) is 21.9 Å². The Kier molecular flexibility index (Phi) is 2.49. The lowest BCUT2D eigenvalue weighted by Gasteiger charge is -1.98. The van der Waals surface area contributed by atoms with E-state index < -0.39 is 0 Å². The van der Waals surface area contributed by atoms with E-state index in [1.165, 1.54) is 0 Å². The maximum absolute atomic E-state index is 5.94. The van der Waals surface area contributed by atoms with E-state index in [9.17, 15) is 0 Å². The first-order valence-corrected chi connectivity index (χ1v) is 5.50. The van der Waals surface area contributed by atoms with Crippen LogP contribution >= 0.6 is 11.6 Å². The molecule has 0 bridgehead atoms. The van der Waals surface area contributed by atoms with Crippen LogP contribution < -0.4 is 5.73 Å². The molecule has 0 amide bonds. The number of halogens is 1. The fourth-order valence-electron chi connectivity index (χ4n) is 1.48. The number of nitrogens with one attached hydrogen (secondary N) is 1. The zero-order chi connectivity index (χ0) is 12.5. The molecule has 0 aliphatic rings. The number of imidazole rings is 1. The zero-order valence-electron chi connectivity index (χ0n) is 9.09. The van der Waals surface area contributed by atoms with Crippen LogP contribution in [0.1, 0.15) is 0 Å². The van der Waals surface area contributed by atoms with Gasteiger partial charge in [-0.05, 0) is 18.2 Å². The molecule has 3 aromatic rings. The number of nitrogens with zero attached hydrogens (tertiary/aromatic N) is 3. The summed E-state index contributed by atoms with van der Waals surface area (Å²) in [5.41, 5.74) is 6.85. The Labute approximate surface area is 107 Å². The molecule has 7 heteroatoms. The van der Waals surface area contributed by atoms with Crippen molar-refractivity contribution in [2.45, 2.75) is 0 Å². The highest BCUT2D eigenvalue weighted by Gasteiger charge is 2.12. The largest absolute Gasteiger partial charge is 0.398 e. The fraction of sp³-hybridized carbons (Fsp3) is 0. The van der Waals surface area contributed by atoms with Crippen molar-refractivity contribution in [3.8, 4) is 23.1 Å². The van der Waals surface area contributed by atoms with Crippen LogP contribution in [0.2, 0.25) is 5.02 Å². The monoisotopic (exact) mass is 261 g/mol. The summed E-state index contributed by atoms with van der Waals surface area (Å²) in [6.45, 7) is 0. The van der Waals surface area contributed by atoms with Crippen molar-refractivity contribution in [2.24, 2.45) is 0 Å². The Morgan fingerprint density at radius 1 is 1.33 bits per heavy atom. The molecule has 0 radical (unpaired) electrons. The van der Waals surface area contributed by atoms with Gasteiger partial charge >= 0.3 is 0 Å². The van der Waals surface area contributed by atoms with Crippen molar-refractivity contribution in [3.63, 3.8) is 0 Å². The number of benzene rings is 1. The maximum atomic E-state index is 5.94. The van der Waals surface area contributed by atoms with Crippen LogP contribution in [0.5, 0.6) is 0 Å². The average Bonchev–Trinajstić information content (AvgIpc) is 3.01. The second kappa shape index (κ2) is 4.15. The lowest BCUT2D eigenvalue weighted by atomic mass is 10.2. The number of hydrogen-bond donors (Lipinski definition) is 2. The van der Waals surface area contributed by atoms with E-state index in [1.807, 2.05) is 0 Å². The number of nitrogens with two attached hydrogens (primary N) is 1. The lowest BCUT2D eigenvalue weighted by molar-refractivity contribution is 0.432.